The Labute approximate surface area is 181 Å². The van der Waals surface area contributed by atoms with Crippen LogP contribution in [0.15, 0.2) is 52.3 Å². The maximum Gasteiger partial charge on any atom is 0.263 e. The molecule has 10 heteroatoms. The Morgan fingerprint density at radius 3 is 2.10 bits per heavy atom. The summed E-state index contributed by atoms with van der Waals surface area (Å²) in [7, 11) is -7.61. The predicted molar refractivity (Wildman–Crippen MR) is 115 cm³/mol. The molecule has 1 saturated heterocycles. The highest BCUT2D eigenvalue weighted by molar-refractivity contribution is 7.92. The average Bonchev–Trinajstić information content (AvgIpc) is 2.63. The van der Waals surface area contributed by atoms with Crippen molar-refractivity contribution in [3.05, 3.63) is 52.5 Å². The van der Waals surface area contributed by atoms with Gasteiger partial charge in [-0.3, -0.25) is 4.72 Å². The average molecular weight is 477 g/mol. The number of hydrogen-bond acceptors (Lipinski definition) is 4. The molecule has 158 valence electrons. The summed E-state index contributed by atoms with van der Waals surface area (Å²) in [5.74, 6) is 0.587. The molecule has 1 heterocycles. The molecule has 0 spiro atoms. The molecule has 2 aromatic carbocycles. The van der Waals surface area contributed by atoms with Gasteiger partial charge < -0.3 is 0 Å². The third kappa shape index (κ3) is 5.06. The molecule has 2 unspecified atom stereocenters. The molecule has 6 nitrogen and oxygen atoms in total. The molecule has 2 atom stereocenters. The molecule has 1 aliphatic rings. The van der Waals surface area contributed by atoms with Gasteiger partial charge in [0.1, 0.15) is 4.90 Å². The fourth-order valence-corrected chi connectivity index (χ4v) is 7.04. The SMILES string of the molecule is CC1CC(C)CN(S(=O)(=O)c2ccc(NS(=O)(=O)c3cc(Cl)ccc3Cl)cc2)C1. The maximum atomic E-state index is 12.9. The Morgan fingerprint density at radius 1 is 0.931 bits per heavy atom. The molecule has 1 aliphatic heterocycles. The van der Waals surface area contributed by atoms with Crippen molar-refractivity contribution in [2.75, 3.05) is 17.8 Å². The van der Waals surface area contributed by atoms with Crippen molar-refractivity contribution in [2.45, 2.75) is 30.1 Å². The van der Waals surface area contributed by atoms with Crippen LogP contribution in [0.3, 0.4) is 0 Å². The van der Waals surface area contributed by atoms with E-state index in [1.165, 1.54) is 46.8 Å². The minimum absolute atomic E-state index is 0.0365. The van der Waals surface area contributed by atoms with E-state index in [9.17, 15) is 16.8 Å². The van der Waals surface area contributed by atoms with Gasteiger partial charge in [-0.15, -0.1) is 0 Å². The van der Waals surface area contributed by atoms with Crippen molar-refractivity contribution in [2.24, 2.45) is 11.8 Å². The molecule has 1 fully saturated rings. The van der Waals surface area contributed by atoms with Gasteiger partial charge in [-0.2, -0.15) is 4.31 Å². The number of hydrogen-bond donors (Lipinski definition) is 1. The van der Waals surface area contributed by atoms with E-state index in [1.54, 1.807) is 0 Å². The van der Waals surface area contributed by atoms with Crippen LogP contribution in [-0.4, -0.2) is 34.2 Å². The van der Waals surface area contributed by atoms with Crippen LogP contribution in [0.25, 0.3) is 0 Å². The van der Waals surface area contributed by atoms with E-state index in [-0.39, 0.29) is 25.5 Å². The topological polar surface area (TPSA) is 83.6 Å². The molecular weight excluding hydrogens is 455 g/mol. The zero-order valence-electron chi connectivity index (χ0n) is 16.0. The molecule has 0 aromatic heterocycles. The lowest BCUT2D eigenvalue weighted by Gasteiger charge is -2.34. The molecule has 1 N–H and O–H groups in total. The molecule has 0 amide bonds. The smallest absolute Gasteiger partial charge is 0.263 e. The van der Waals surface area contributed by atoms with Crippen molar-refractivity contribution in [3.8, 4) is 0 Å². The number of rotatable bonds is 5. The summed E-state index contributed by atoms with van der Waals surface area (Å²) in [5, 5.41) is 0.274. The van der Waals surface area contributed by atoms with Crippen molar-refractivity contribution in [1.82, 2.24) is 4.31 Å². The van der Waals surface area contributed by atoms with Crippen LogP contribution in [-0.2, 0) is 20.0 Å². The standard InChI is InChI=1S/C19H22Cl2N2O4S2/c1-13-9-14(2)12-23(11-13)29(26,27)17-6-4-16(5-7-17)22-28(24,25)19-10-15(20)3-8-18(19)21/h3-8,10,13-14,22H,9,11-12H2,1-2H3. The van der Waals surface area contributed by atoms with Gasteiger partial charge in [0.25, 0.3) is 10.0 Å². The molecule has 0 bridgehead atoms. The van der Waals surface area contributed by atoms with E-state index >= 15 is 0 Å². The fraction of sp³-hybridized carbons (Fsp3) is 0.368. The highest BCUT2D eigenvalue weighted by Gasteiger charge is 2.31. The van der Waals surface area contributed by atoms with Crippen molar-refractivity contribution >= 4 is 48.9 Å². The first-order chi connectivity index (χ1) is 13.5. The van der Waals surface area contributed by atoms with E-state index in [1.807, 2.05) is 13.8 Å². The van der Waals surface area contributed by atoms with Crippen LogP contribution in [0.4, 0.5) is 5.69 Å². The van der Waals surface area contributed by atoms with Gasteiger partial charge in [0, 0.05) is 23.8 Å². The van der Waals surface area contributed by atoms with Crippen LogP contribution in [0.5, 0.6) is 0 Å². The Morgan fingerprint density at radius 2 is 1.52 bits per heavy atom. The number of piperidine rings is 1. The highest BCUT2D eigenvalue weighted by Crippen LogP contribution is 2.29. The van der Waals surface area contributed by atoms with Crippen LogP contribution < -0.4 is 4.72 Å². The van der Waals surface area contributed by atoms with Gasteiger partial charge >= 0.3 is 0 Å². The normalized spacial score (nSPS) is 21.1. The van der Waals surface area contributed by atoms with Crippen molar-refractivity contribution in [1.29, 1.82) is 0 Å². The summed E-state index contributed by atoms with van der Waals surface area (Å²) in [6.07, 6.45) is 0.999. The highest BCUT2D eigenvalue weighted by atomic mass is 35.5. The number of sulfonamides is 2. The monoisotopic (exact) mass is 476 g/mol. The molecule has 0 aliphatic carbocycles. The lowest BCUT2D eigenvalue weighted by Crippen LogP contribution is -2.42. The summed E-state index contributed by atoms with van der Waals surface area (Å²) in [6, 6.07) is 9.77. The van der Waals surface area contributed by atoms with E-state index in [0.717, 1.165) is 6.42 Å². The molecule has 29 heavy (non-hydrogen) atoms. The third-order valence-electron chi connectivity index (χ3n) is 4.76. The van der Waals surface area contributed by atoms with Gasteiger partial charge in [0.15, 0.2) is 0 Å². The Kier molecular flexibility index (Phi) is 6.50. The fourth-order valence-electron chi connectivity index (χ4n) is 3.54. The van der Waals surface area contributed by atoms with E-state index in [4.69, 9.17) is 23.2 Å². The van der Waals surface area contributed by atoms with E-state index in [2.05, 4.69) is 4.72 Å². The molecule has 3 rings (SSSR count). The number of halogens is 2. The van der Waals surface area contributed by atoms with E-state index in [0.29, 0.717) is 24.9 Å². The zero-order chi connectivity index (χ0) is 21.4. The quantitative estimate of drug-likeness (QED) is 0.689. The third-order valence-corrected chi connectivity index (χ3v) is 8.71. The summed E-state index contributed by atoms with van der Waals surface area (Å²) in [4.78, 5) is -0.0257. The Bertz CT molecular complexity index is 1090. The van der Waals surface area contributed by atoms with Crippen molar-refractivity contribution in [3.63, 3.8) is 0 Å². The van der Waals surface area contributed by atoms with E-state index < -0.39 is 20.0 Å². The van der Waals surface area contributed by atoms with Gasteiger partial charge in [0.05, 0.1) is 9.92 Å². The van der Waals surface area contributed by atoms with Crippen LogP contribution in [0, 0.1) is 11.8 Å². The Hall–Kier alpha value is -1.32. The maximum absolute atomic E-state index is 12.9. The number of benzene rings is 2. The number of anilines is 1. The van der Waals surface area contributed by atoms with Crippen LogP contribution in [0.2, 0.25) is 10.0 Å². The second kappa shape index (κ2) is 8.43. The summed E-state index contributed by atoms with van der Waals surface area (Å²) >= 11 is 11.8. The van der Waals surface area contributed by atoms with Crippen molar-refractivity contribution < 1.29 is 16.8 Å². The van der Waals surface area contributed by atoms with Gasteiger partial charge in [-0.1, -0.05) is 37.0 Å². The molecule has 0 radical (unpaired) electrons. The lowest BCUT2D eigenvalue weighted by atomic mass is 9.94. The molecular formula is C19H22Cl2N2O4S2. The van der Waals surface area contributed by atoms with Crippen LogP contribution >= 0.6 is 23.2 Å². The zero-order valence-corrected chi connectivity index (χ0v) is 19.1. The second-order valence-corrected chi connectivity index (χ2v) is 11.9. The second-order valence-electron chi connectivity index (χ2n) is 7.47. The summed E-state index contributed by atoms with van der Waals surface area (Å²) in [6.45, 7) is 5.04. The predicted octanol–water partition coefficient (Wildman–Crippen LogP) is 4.46. The first-order valence-corrected chi connectivity index (χ1v) is 12.7. The Balaban J connectivity index is 1.82. The van der Waals surface area contributed by atoms with Gasteiger partial charge in [-0.05, 0) is 60.7 Å². The minimum atomic E-state index is -3.98. The first kappa shape index (κ1) is 22.4. The molecule has 2 aromatic rings. The van der Waals surface area contributed by atoms with Gasteiger partial charge in [0.2, 0.25) is 10.0 Å². The number of nitrogens with zero attached hydrogens (tertiary/aromatic N) is 1. The van der Waals surface area contributed by atoms with Gasteiger partial charge in [-0.25, -0.2) is 16.8 Å². The summed E-state index contributed by atoms with van der Waals surface area (Å²) < 4.78 is 55.0. The lowest BCUT2D eigenvalue weighted by molar-refractivity contribution is 0.222. The number of nitrogens with one attached hydrogen (secondary N) is 1. The molecule has 0 saturated carbocycles. The first-order valence-electron chi connectivity index (χ1n) is 9.07. The largest absolute Gasteiger partial charge is 0.280 e. The summed E-state index contributed by atoms with van der Waals surface area (Å²) in [5.41, 5.74) is 0.223. The minimum Gasteiger partial charge on any atom is -0.280 e. The van der Waals surface area contributed by atoms with Crippen LogP contribution in [0.1, 0.15) is 20.3 Å².